The number of pyridine rings is 1. The molecule has 0 spiro atoms. The van der Waals surface area contributed by atoms with Crippen LogP contribution in [0.1, 0.15) is 47.9 Å². The Labute approximate surface area is 170 Å². The van der Waals surface area contributed by atoms with Crippen LogP contribution in [0.3, 0.4) is 0 Å². The summed E-state index contributed by atoms with van der Waals surface area (Å²) in [6.07, 6.45) is 1.99. The molecule has 0 radical (unpaired) electrons. The van der Waals surface area contributed by atoms with E-state index in [1.54, 1.807) is 30.3 Å². The van der Waals surface area contributed by atoms with E-state index in [1.165, 1.54) is 23.2 Å². The molecule has 8 heteroatoms. The molecule has 3 heterocycles. The van der Waals surface area contributed by atoms with Gasteiger partial charge in [-0.1, -0.05) is 6.07 Å². The topological polar surface area (TPSA) is 114 Å². The standard InChI is InChI=1S/C22H16N4O4/c23-9-3-11-25-19(27)12-5-7-14-18-15(8-6-13(17(12)18)20(25)28)22(30)26(21(14)29)16-4-1-2-10-24-16/h1-2,4-8,10H,3,9,11,23H2. The molecule has 30 heavy (non-hydrogen) atoms. The first-order valence-electron chi connectivity index (χ1n) is 9.50. The molecule has 1 aromatic heterocycles. The van der Waals surface area contributed by atoms with Gasteiger partial charge in [0.2, 0.25) is 0 Å². The van der Waals surface area contributed by atoms with E-state index < -0.39 is 23.6 Å². The molecule has 0 saturated heterocycles. The fourth-order valence-electron chi connectivity index (χ4n) is 4.07. The van der Waals surface area contributed by atoms with Crippen LogP contribution >= 0.6 is 0 Å². The Kier molecular flexibility index (Phi) is 3.97. The summed E-state index contributed by atoms with van der Waals surface area (Å²) in [6, 6.07) is 11.1. The minimum Gasteiger partial charge on any atom is -0.330 e. The highest BCUT2D eigenvalue weighted by molar-refractivity contribution is 6.39. The number of hydrogen-bond donors (Lipinski definition) is 1. The lowest BCUT2D eigenvalue weighted by Crippen LogP contribution is -2.44. The van der Waals surface area contributed by atoms with Gasteiger partial charge < -0.3 is 5.73 Å². The highest BCUT2D eigenvalue weighted by Crippen LogP contribution is 2.38. The van der Waals surface area contributed by atoms with Crippen LogP contribution < -0.4 is 10.6 Å². The van der Waals surface area contributed by atoms with Gasteiger partial charge in [-0.2, -0.15) is 0 Å². The van der Waals surface area contributed by atoms with Gasteiger partial charge in [0, 0.05) is 45.8 Å². The Bertz CT molecular complexity index is 1200. The summed E-state index contributed by atoms with van der Waals surface area (Å²) in [5, 5.41) is 0.693. The van der Waals surface area contributed by atoms with Gasteiger partial charge in [0.1, 0.15) is 5.82 Å². The van der Waals surface area contributed by atoms with Crippen LogP contribution in [0.2, 0.25) is 0 Å². The zero-order valence-electron chi connectivity index (χ0n) is 15.8. The molecule has 0 fully saturated rings. The molecule has 5 rings (SSSR count). The summed E-state index contributed by atoms with van der Waals surface area (Å²) >= 11 is 0. The first kappa shape index (κ1) is 18.1. The highest BCUT2D eigenvalue weighted by Gasteiger charge is 2.40. The van der Waals surface area contributed by atoms with E-state index in [-0.39, 0.29) is 23.5 Å². The van der Waals surface area contributed by atoms with Gasteiger partial charge in [-0.05, 0) is 49.4 Å². The van der Waals surface area contributed by atoms with Gasteiger partial charge in [0.25, 0.3) is 23.6 Å². The highest BCUT2D eigenvalue weighted by atomic mass is 16.2. The number of nitrogens with two attached hydrogens (primary N) is 1. The van der Waals surface area contributed by atoms with Crippen LogP contribution in [0, 0.1) is 0 Å². The molecule has 2 aliphatic rings. The zero-order chi connectivity index (χ0) is 21.0. The average Bonchev–Trinajstić information content (AvgIpc) is 2.77. The fourth-order valence-corrected chi connectivity index (χ4v) is 4.07. The third kappa shape index (κ3) is 2.34. The van der Waals surface area contributed by atoms with Crippen LogP contribution in [0.4, 0.5) is 5.82 Å². The van der Waals surface area contributed by atoms with Crippen LogP contribution in [0.5, 0.6) is 0 Å². The van der Waals surface area contributed by atoms with E-state index in [4.69, 9.17) is 5.73 Å². The second-order valence-electron chi connectivity index (χ2n) is 7.11. The maximum Gasteiger partial charge on any atom is 0.267 e. The van der Waals surface area contributed by atoms with Crippen molar-refractivity contribution in [2.75, 3.05) is 18.0 Å². The summed E-state index contributed by atoms with van der Waals surface area (Å²) in [5.41, 5.74) is 6.64. The first-order chi connectivity index (χ1) is 14.5. The molecule has 3 aromatic rings. The Morgan fingerprint density at radius 3 is 1.73 bits per heavy atom. The fraction of sp³-hybridized carbons (Fsp3) is 0.136. The summed E-state index contributed by atoms with van der Waals surface area (Å²) in [7, 11) is 0. The second-order valence-corrected chi connectivity index (χ2v) is 7.11. The third-order valence-corrected chi connectivity index (χ3v) is 5.44. The number of aromatic nitrogens is 1. The lowest BCUT2D eigenvalue weighted by Gasteiger charge is -2.31. The number of benzene rings is 2. The summed E-state index contributed by atoms with van der Waals surface area (Å²) < 4.78 is 0. The van der Waals surface area contributed by atoms with Crippen molar-refractivity contribution in [1.29, 1.82) is 0 Å². The van der Waals surface area contributed by atoms with Gasteiger partial charge in [-0.15, -0.1) is 0 Å². The maximum absolute atomic E-state index is 13.2. The molecule has 0 atom stereocenters. The SMILES string of the molecule is NCCCN1C(=O)c2ccc3c4c(ccc(c24)C1=O)C(=O)N(c1ccccn1)C3=O. The van der Waals surface area contributed by atoms with Crippen LogP contribution in [0.15, 0.2) is 48.7 Å². The van der Waals surface area contributed by atoms with E-state index >= 15 is 0 Å². The van der Waals surface area contributed by atoms with Crippen molar-refractivity contribution in [2.24, 2.45) is 5.73 Å². The minimum absolute atomic E-state index is 0.212. The van der Waals surface area contributed by atoms with Crippen molar-refractivity contribution in [1.82, 2.24) is 9.88 Å². The number of nitrogens with zero attached hydrogens (tertiary/aromatic N) is 3. The number of carbonyl (C=O) groups excluding carboxylic acids is 4. The molecule has 0 saturated carbocycles. The van der Waals surface area contributed by atoms with E-state index in [2.05, 4.69) is 4.98 Å². The minimum atomic E-state index is -0.541. The molecular formula is C22H16N4O4. The van der Waals surface area contributed by atoms with E-state index in [1.807, 2.05) is 0 Å². The number of imide groups is 2. The van der Waals surface area contributed by atoms with Gasteiger partial charge in [0.15, 0.2) is 0 Å². The Balaban J connectivity index is 1.73. The quantitative estimate of drug-likeness (QED) is 0.670. The van der Waals surface area contributed by atoms with Crippen LogP contribution in [-0.2, 0) is 0 Å². The number of carbonyl (C=O) groups is 4. The molecule has 0 unspecified atom stereocenters. The van der Waals surface area contributed by atoms with Gasteiger partial charge in [0.05, 0.1) is 0 Å². The van der Waals surface area contributed by atoms with Crippen molar-refractivity contribution >= 4 is 40.2 Å². The molecule has 0 aliphatic carbocycles. The maximum atomic E-state index is 13.2. The third-order valence-electron chi connectivity index (χ3n) is 5.44. The van der Waals surface area contributed by atoms with E-state index in [0.29, 0.717) is 34.9 Å². The molecule has 8 nitrogen and oxygen atoms in total. The average molecular weight is 400 g/mol. The predicted molar refractivity (Wildman–Crippen MR) is 108 cm³/mol. The number of anilines is 1. The van der Waals surface area contributed by atoms with E-state index in [9.17, 15) is 19.2 Å². The van der Waals surface area contributed by atoms with E-state index in [0.717, 1.165) is 4.90 Å². The van der Waals surface area contributed by atoms with Crippen molar-refractivity contribution < 1.29 is 19.2 Å². The van der Waals surface area contributed by atoms with Crippen molar-refractivity contribution in [3.8, 4) is 0 Å². The summed E-state index contributed by atoms with van der Waals surface area (Å²) in [4.78, 5) is 58.6. The number of amides is 4. The van der Waals surface area contributed by atoms with Crippen LogP contribution in [0.25, 0.3) is 10.8 Å². The van der Waals surface area contributed by atoms with Crippen LogP contribution in [-0.4, -0.2) is 46.6 Å². The van der Waals surface area contributed by atoms with Gasteiger partial charge >= 0.3 is 0 Å². The summed E-state index contributed by atoms with van der Waals surface area (Å²) in [5.74, 6) is -1.76. The molecular weight excluding hydrogens is 384 g/mol. The Hall–Kier alpha value is -3.91. The lowest BCUT2D eigenvalue weighted by atomic mass is 9.86. The molecule has 0 bridgehead atoms. The second kappa shape index (κ2) is 6.57. The van der Waals surface area contributed by atoms with Gasteiger partial charge in [-0.3, -0.25) is 24.1 Å². The lowest BCUT2D eigenvalue weighted by molar-refractivity contribution is 0.0608. The van der Waals surface area contributed by atoms with Gasteiger partial charge in [-0.25, -0.2) is 9.88 Å². The predicted octanol–water partition coefficient (Wildman–Crippen LogP) is 1.98. The van der Waals surface area contributed by atoms with Crippen molar-refractivity contribution in [3.05, 3.63) is 70.9 Å². The summed E-state index contributed by atoms with van der Waals surface area (Å²) in [6.45, 7) is 0.563. The normalized spacial score (nSPS) is 15.4. The molecule has 4 amide bonds. The van der Waals surface area contributed by atoms with Crippen molar-refractivity contribution in [3.63, 3.8) is 0 Å². The smallest absolute Gasteiger partial charge is 0.267 e. The molecule has 2 N–H and O–H groups in total. The Morgan fingerprint density at radius 1 is 0.733 bits per heavy atom. The van der Waals surface area contributed by atoms with Crippen molar-refractivity contribution in [2.45, 2.75) is 6.42 Å². The molecule has 148 valence electrons. The number of hydrogen-bond acceptors (Lipinski definition) is 6. The zero-order valence-corrected chi connectivity index (χ0v) is 15.8. The monoisotopic (exact) mass is 400 g/mol. The Morgan fingerprint density at radius 2 is 1.27 bits per heavy atom. The largest absolute Gasteiger partial charge is 0.330 e. The first-order valence-corrected chi connectivity index (χ1v) is 9.50. The molecule has 2 aromatic carbocycles. The number of rotatable bonds is 4. The molecule has 2 aliphatic heterocycles.